The maximum atomic E-state index is 11.9. The summed E-state index contributed by atoms with van der Waals surface area (Å²) in [5.41, 5.74) is 6.54. The van der Waals surface area contributed by atoms with Crippen molar-refractivity contribution in [3.63, 3.8) is 0 Å². The van der Waals surface area contributed by atoms with E-state index in [0.29, 0.717) is 29.2 Å². The van der Waals surface area contributed by atoms with Crippen molar-refractivity contribution < 1.29 is 0 Å². The van der Waals surface area contributed by atoms with Gasteiger partial charge in [0.25, 0.3) is 5.56 Å². The number of hydrogen-bond donors (Lipinski definition) is 2. The van der Waals surface area contributed by atoms with Gasteiger partial charge < -0.3 is 11.1 Å². The standard InChI is InChI=1S/C12H21BrN4O/c1-4-5-17-12(18)11(13)10(7-16-17)15-6-9(14)8(2)3/h7-9,15H,4-6,14H2,1-3H3. The summed E-state index contributed by atoms with van der Waals surface area (Å²) in [5, 5.41) is 7.28. The molecule has 0 saturated carbocycles. The fourth-order valence-electron chi connectivity index (χ4n) is 1.42. The van der Waals surface area contributed by atoms with Gasteiger partial charge in [-0.2, -0.15) is 5.10 Å². The smallest absolute Gasteiger partial charge is 0.283 e. The van der Waals surface area contributed by atoms with Crippen molar-refractivity contribution in [2.75, 3.05) is 11.9 Å². The molecule has 0 aliphatic carbocycles. The highest BCUT2D eigenvalue weighted by atomic mass is 79.9. The van der Waals surface area contributed by atoms with Crippen molar-refractivity contribution in [1.82, 2.24) is 9.78 Å². The number of halogens is 1. The second-order valence-corrected chi connectivity index (χ2v) is 5.48. The van der Waals surface area contributed by atoms with Gasteiger partial charge in [-0.25, -0.2) is 4.68 Å². The summed E-state index contributed by atoms with van der Waals surface area (Å²) in [7, 11) is 0. The number of hydrogen-bond acceptors (Lipinski definition) is 4. The minimum absolute atomic E-state index is 0.0509. The third kappa shape index (κ3) is 3.81. The molecular weight excluding hydrogens is 296 g/mol. The van der Waals surface area contributed by atoms with Gasteiger partial charge >= 0.3 is 0 Å². The first-order valence-electron chi connectivity index (χ1n) is 6.22. The van der Waals surface area contributed by atoms with E-state index in [1.165, 1.54) is 4.68 Å². The summed E-state index contributed by atoms with van der Waals surface area (Å²) >= 11 is 3.31. The van der Waals surface area contributed by atoms with Crippen LogP contribution >= 0.6 is 15.9 Å². The van der Waals surface area contributed by atoms with E-state index < -0.39 is 0 Å². The molecule has 1 heterocycles. The average Bonchev–Trinajstić information content (AvgIpc) is 2.33. The summed E-state index contributed by atoms with van der Waals surface area (Å²) < 4.78 is 1.97. The van der Waals surface area contributed by atoms with Gasteiger partial charge in [-0.1, -0.05) is 20.8 Å². The minimum Gasteiger partial charge on any atom is -0.381 e. The monoisotopic (exact) mass is 316 g/mol. The predicted molar refractivity (Wildman–Crippen MR) is 77.8 cm³/mol. The Kier molecular flexibility index (Phi) is 5.81. The Hall–Kier alpha value is -0.880. The summed E-state index contributed by atoms with van der Waals surface area (Å²) in [6, 6.07) is 0.0509. The number of aryl methyl sites for hydroxylation is 1. The Morgan fingerprint density at radius 1 is 1.56 bits per heavy atom. The molecule has 0 bridgehead atoms. The molecule has 18 heavy (non-hydrogen) atoms. The lowest BCUT2D eigenvalue weighted by Gasteiger charge is -2.17. The number of rotatable bonds is 6. The molecule has 6 heteroatoms. The van der Waals surface area contributed by atoms with E-state index in [0.717, 1.165) is 6.42 Å². The normalized spacial score (nSPS) is 12.8. The van der Waals surface area contributed by atoms with Gasteiger partial charge in [0, 0.05) is 19.1 Å². The van der Waals surface area contributed by atoms with Crippen LogP contribution in [0.3, 0.4) is 0 Å². The molecule has 0 aromatic carbocycles. The molecule has 1 atom stereocenters. The van der Waals surface area contributed by atoms with Crippen LogP contribution in [-0.2, 0) is 6.54 Å². The largest absolute Gasteiger partial charge is 0.381 e. The van der Waals surface area contributed by atoms with Crippen LogP contribution in [0.15, 0.2) is 15.5 Å². The molecule has 1 aromatic heterocycles. The van der Waals surface area contributed by atoms with Crippen LogP contribution in [0.25, 0.3) is 0 Å². The minimum atomic E-state index is -0.111. The van der Waals surface area contributed by atoms with Gasteiger partial charge in [0.1, 0.15) is 4.47 Å². The van der Waals surface area contributed by atoms with E-state index in [1.807, 2.05) is 6.92 Å². The third-order valence-corrected chi connectivity index (χ3v) is 3.57. The predicted octanol–water partition coefficient (Wildman–Crippen LogP) is 1.81. The van der Waals surface area contributed by atoms with Gasteiger partial charge in [0.2, 0.25) is 0 Å². The van der Waals surface area contributed by atoms with Crippen LogP contribution in [0.4, 0.5) is 5.69 Å². The zero-order valence-electron chi connectivity index (χ0n) is 11.1. The first-order valence-corrected chi connectivity index (χ1v) is 7.01. The molecule has 0 fully saturated rings. The van der Waals surface area contributed by atoms with Crippen LogP contribution < -0.4 is 16.6 Å². The molecule has 1 unspecified atom stereocenters. The van der Waals surface area contributed by atoms with E-state index in [9.17, 15) is 4.79 Å². The van der Waals surface area contributed by atoms with E-state index in [-0.39, 0.29) is 11.6 Å². The summed E-state index contributed by atoms with van der Waals surface area (Å²) in [6.45, 7) is 7.39. The fraction of sp³-hybridized carbons (Fsp3) is 0.667. The van der Waals surface area contributed by atoms with Gasteiger partial charge in [0.15, 0.2) is 0 Å². The topological polar surface area (TPSA) is 72.9 Å². The van der Waals surface area contributed by atoms with Gasteiger partial charge in [-0.05, 0) is 28.3 Å². The number of nitrogens with one attached hydrogen (secondary N) is 1. The van der Waals surface area contributed by atoms with Crippen molar-refractivity contribution in [3.8, 4) is 0 Å². The third-order valence-electron chi connectivity index (χ3n) is 2.80. The lowest BCUT2D eigenvalue weighted by molar-refractivity contribution is 0.510. The summed E-state index contributed by atoms with van der Waals surface area (Å²) in [4.78, 5) is 11.9. The Balaban J connectivity index is 2.79. The first kappa shape index (κ1) is 15.2. The molecule has 1 aromatic rings. The maximum Gasteiger partial charge on any atom is 0.283 e. The van der Waals surface area contributed by atoms with Crippen molar-refractivity contribution >= 4 is 21.6 Å². The zero-order valence-corrected chi connectivity index (χ0v) is 12.7. The SMILES string of the molecule is CCCn1ncc(NCC(N)C(C)C)c(Br)c1=O. The lowest BCUT2D eigenvalue weighted by atomic mass is 10.1. The molecular formula is C12H21BrN4O. The van der Waals surface area contributed by atoms with Crippen LogP contribution in [0.5, 0.6) is 0 Å². The second kappa shape index (κ2) is 6.89. The zero-order chi connectivity index (χ0) is 13.7. The Labute approximate surface area is 116 Å². The summed E-state index contributed by atoms with van der Waals surface area (Å²) in [5.74, 6) is 0.393. The van der Waals surface area contributed by atoms with Crippen molar-refractivity contribution in [2.45, 2.75) is 39.8 Å². The fourth-order valence-corrected chi connectivity index (χ4v) is 1.87. The van der Waals surface area contributed by atoms with Gasteiger partial charge in [0.05, 0.1) is 11.9 Å². The molecule has 0 aliphatic rings. The number of aromatic nitrogens is 2. The van der Waals surface area contributed by atoms with E-state index in [1.54, 1.807) is 6.20 Å². The molecule has 5 nitrogen and oxygen atoms in total. The van der Waals surface area contributed by atoms with Crippen molar-refractivity contribution in [2.24, 2.45) is 11.7 Å². The van der Waals surface area contributed by atoms with Crippen LogP contribution in [0, 0.1) is 5.92 Å². The molecule has 0 aliphatic heterocycles. The summed E-state index contributed by atoms with van der Waals surface area (Å²) in [6.07, 6.45) is 2.54. The first-order chi connectivity index (χ1) is 8.47. The van der Waals surface area contributed by atoms with E-state index >= 15 is 0 Å². The Morgan fingerprint density at radius 2 is 2.22 bits per heavy atom. The number of anilines is 1. The Morgan fingerprint density at radius 3 is 2.78 bits per heavy atom. The highest BCUT2D eigenvalue weighted by Gasteiger charge is 2.11. The molecule has 102 valence electrons. The molecule has 1 rings (SSSR count). The molecule has 3 N–H and O–H groups in total. The molecule has 0 spiro atoms. The van der Waals surface area contributed by atoms with E-state index in [2.05, 4.69) is 40.2 Å². The highest BCUT2D eigenvalue weighted by Crippen LogP contribution is 2.16. The molecule has 0 amide bonds. The number of nitrogens with two attached hydrogens (primary N) is 1. The maximum absolute atomic E-state index is 11.9. The molecule has 0 saturated heterocycles. The molecule has 0 radical (unpaired) electrons. The number of nitrogens with zero attached hydrogens (tertiary/aromatic N) is 2. The van der Waals surface area contributed by atoms with Crippen molar-refractivity contribution in [3.05, 3.63) is 21.0 Å². The van der Waals surface area contributed by atoms with Gasteiger partial charge in [-0.3, -0.25) is 4.79 Å². The van der Waals surface area contributed by atoms with Crippen molar-refractivity contribution in [1.29, 1.82) is 0 Å². The highest BCUT2D eigenvalue weighted by molar-refractivity contribution is 9.10. The quantitative estimate of drug-likeness (QED) is 0.839. The Bertz CT molecular complexity index is 444. The van der Waals surface area contributed by atoms with Crippen LogP contribution in [0.2, 0.25) is 0 Å². The van der Waals surface area contributed by atoms with Crippen LogP contribution in [-0.4, -0.2) is 22.4 Å². The van der Waals surface area contributed by atoms with E-state index in [4.69, 9.17) is 5.73 Å². The van der Waals surface area contributed by atoms with Gasteiger partial charge in [-0.15, -0.1) is 0 Å². The average molecular weight is 317 g/mol. The second-order valence-electron chi connectivity index (χ2n) is 4.69. The lowest BCUT2D eigenvalue weighted by Crippen LogP contribution is -2.34. The van der Waals surface area contributed by atoms with Crippen LogP contribution in [0.1, 0.15) is 27.2 Å².